The molecule has 0 bridgehead atoms. The van der Waals surface area contributed by atoms with Gasteiger partial charge in [0.15, 0.2) is 0 Å². The summed E-state index contributed by atoms with van der Waals surface area (Å²) >= 11 is 0. The van der Waals surface area contributed by atoms with Gasteiger partial charge in [0.25, 0.3) is 5.91 Å². The van der Waals surface area contributed by atoms with Gasteiger partial charge in [-0.25, -0.2) is 0 Å². The molecule has 1 aromatic carbocycles. The maximum Gasteiger partial charge on any atom is 0.254 e. The van der Waals surface area contributed by atoms with E-state index in [1.54, 1.807) is 17.1 Å². The first-order valence-electron chi connectivity index (χ1n) is 9.01. The molecule has 6 nitrogen and oxygen atoms in total. The largest absolute Gasteiger partial charge is 0.369 e. The average molecular weight is 341 g/mol. The number of nitrogens with one attached hydrogen (secondary N) is 1. The van der Waals surface area contributed by atoms with Crippen LogP contribution in [0.5, 0.6) is 0 Å². The predicted molar refractivity (Wildman–Crippen MR) is 99.9 cm³/mol. The molecule has 1 saturated heterocycles. The van der Waals surface area contributed by atoms with Crippen molar-refractivity contribution >= 4 is 11.6 Å². The molecular weight excluding hydrogens is 314 g/mol. The molecule has 0 saturated carbocycles. The summed E-state index contributed by atoms with van der Waals surface area (Å²) in [7, 11) is 0. The molecule has 0 aliphatic carbocycles. The van der Waals surface area contributed by atoms with Crippen molar-refractivity contribution in [3.8, 4) is 0 Å². The third kappa shape index (κ3) is 4.60. The van der Waals surface area contributed by atoms with E-state index in [2.05, 4.69) is 51.4 Å². The van der Waals surface area contributed by atoms with Gasteiger partial charge in [-0.05, 0) is 26.0 Å². The van der Waals surface area contributed by atoms with Gasteiger partial charge in [-0.2, -0.15) is 5.10 Å². The Morgan fingerprint density at radius 3 is 2.56 bits per heavy atom. The number of benzene rings is 1. The zero-order chi connectivity index (χ0) is 17.6. The molecule has 0 spiro atoms. The Bertz CT molecular complexity index is 676. The molecule has 1 aliphatic heterocycles. The lowest BCUT2D eigenvalue weighted by Crippen LogP contribution is -2.50. The highest BCUT2D eigenvalue weighted by molar-refractivity contribution is 5.93. The second-order valence-electron chi connectivity index (χ2n) is 6.58. The Balaban J connectivity index is 1.44. The Morgan fingerprint density at radius 2 is 1.92 bits per heavy atom. The van der Waals surface area contributed by atoms with Crippen molar-refractivity contribution in [2.75, 3.05) is 37.6 Å². The number of rotatable bonds is 6. The van der Waals surface area contributed by atoms with Gasteiger partial charge in [0.1, 0.15) is 0 Å². The molecule has 1 amide bonds. The lowest BCUT2D eigenvalue weighted by Gasteiger charge is -2.37. The van der Waals surface area contributed by atoms with Crippen LogP contribution < -0.4 is 10.2 Å². The summed E-state index contributed by atoms with van der Waals surface area (Å²) in [5.74, 6) is -0.0462. The number of aromatic nitrogens is 2. The van der Waals surface area contributed by atoms with Crippen molar-refractivity contribution in [2.24, 2.45) is 0 Å². The summed E-state index contributed by atoms with van der Waals surface area (Å²) in [4.78, 5) is 17.1. The fraction of sp³-hybridized carbons (Fsp3) is 0.474. The van der Waals surface area contributed by atoms with Gasteiger partial charge < -0.3 is 10.2 Å². The smallest absolute Gasteiger partial charge is 0.254 e. The van der Waals surface area contributed by atoms with E-state index in [1.807, 2.05) is 13.0 Å². The van der Waals surface area contributed by atoms with Crippen LogP contribution in [0.2, 0.25) is 0 Å². The minimum atomic E-state index is -0.0462. The summed E-state index contributed by atoms with van der Waals surface area (Å²) in [5.41, 5.74) is 1.92. The van der Waals surface area contributed by atoms with E-state index in [0.717, 1.165) is 39.3 Å². The molecule has 25 heavy (non-hydrogen) atoms. The highest BCUT2D eigenvalue weighted by Gasteiger charge is 2.20. The van der Waals surface area contributed by atoms with Crippen molar-refractivity contribution in [3.05, 3.63) is 48.3 Å². The molecule has 1 aromatic heterocycles. The second kappa shape index (κ2) is 8.16. The molecule has 1 atom stereocenters. The third-order valence-electron chi connectivity index (χ3n) is 4.62. The number of nitrogens with zero attached hydrogens (tertiary/aromatic N) is 4. The van der Waals surface area contributed by atoms with Crippen LogP contribution >= 0.6 is 0 Å². The molecule has 1 N–H and O–H groups in total. The van der Waals surface area contributed by atoms with Crippen LogP contribution in [0.1, 0.15) is 24.2 Å². The lowest BCUT2D eigenvalue weighted by atomic mass is 10.2. The Kier molecular flexibility index (Phi) is 5.71. The molecule has 0 unspecified atom stereocenters. The summed E-state index contributed by atoms with van der Waals surface area (Å²) in [6, 6.07) is 10.7. The molecule has 134 valence electrons. The summed E-state index contributed by atoms with van der Waals surface area (Å²) in [6.07, 6.45) is 3.42. The lowest BCUT2D eigenvalue weighted by molar-refractivity contribution is 0.0928. The van der Waals surface area contributed by atoms with Crippen LogP contribution in [0.3, 0.4) is 0 Å². The van der Waals surface area contributed by atoms with Gasteiger partial charge in [0.2, 0.25) is 0 Å². The maximum absolute atomic E-state index is 12.3. The topological polar surface area (TPSA) is 53.4 Å². The standard InChI is InChI=1S/C19H27N5O/c1-3-24-15-17(13-20-24)19(25)21-16(2)14-22-9-11-23(12-10-22)18-7-5-4-6-8-18/h4-8,13,15-16H,3,9-12,14H2,1-2H3,(H,21,25)/t16-/m0/s1. The van der Waals surface area contributed by atoms with E-state index < -0.39 is 0 Å². The van der Waals surface area contributed by atoms with Gasteiger partial charge in [-0.3, -0.25) is 14.4 Å². The number of carbonyl (C=O) groups is 1. The normalized spacial score (nSPS) is 16.6. The number of hydrogen-bond acceptors (Lipinski definition) is 4. The van der Waals surface area contributed by atoms with Crippen molar-refractivity contribution in [1.29, 1.82) is 0 Å². The van der Waals surface area contributed by atoms with E-state index in [0.29, 0.717) is 5.56 Å². The van der Waals surface area contributed by atoms with E-state index in [1.165, 1.54) is 5.69 Å². The number of carbonyl (C=O) groups excluding carboxylic acids is 1. The van der Waals surface area contributed by atoms with Gasteiger partial charge in [-0.1, -0.05) is 18.2 Å². The average Bonchev–Trinajstić information content (AvgIpc) is 3.12. The highest BCUT2D eigenvalue weighted by Crippen LogP contribution is 2.15. The summed E-state index contributed by atoms with van der Waals surface area (Å²) < 4.78 is 1.77. The monoisotopic (exact) mass is 341 g/mol. The number of anilines is 1. The molecule has 1 aliphatic rings. The van der Waals surface area contributed by atoms with Gasteiger partial charge in [-0.15, -0.1) is 0 Å². The van der Waals surface area contributed by atoms with Crippen LogP contribution in [0.15, 0.2) is 42.7 Å². The Hall–Kier alpha value is -2.34. The number of aryl methyl sites for hydroxylation is 1. The minimum Gasteiger partial charge on any atom is -0.369 e. The van der Waals surface area contributed by atoms with E-state index in [-0.39, 0.29) is 11.9 Å². The molecule has 2 heterocycles. The Morgan fingerprint density at radius 1 is 1.20 bits per heavy atom. The first kappa shape index (κ1) is 17.5. The predicted octanol–water partition coefficient (Wildman–Crippen LogP) is 1.84. The molecule has 0 radical (unpaired) electrons. The van der Waals surface area contributed by atoms with E-state index >= 15 is 0 Å². The number of amides is 1. The van der Waals surface area contributed by atoms with Crippen molar-refractivity contribution in [3.63, 3.8) is 0 Å². The SMILES string of the molecule is CCn1cc(C(=O)N[C@@H](C)CN2CCN(c3ccccc3)CC2)cn1. The number of piperazine rings is 1. The molecular formula is C19H27N5O. The van der Waals surface area contributed by atoms with Crippen LogP contribution in [-0.4, -0.2) is 59.4 Å². The fourth-order valence-electron chi connectivity index (χ4n) is 3.22. The first-order chi connectivity index (χ1) is 12.2. The minimum absolute atomic E-state index is 0.0462. The number of para-hydroxylation sites is 1. The molecule has 1 fully saturated rings. The van der Waals surface area contributed by atoms with Crippen molar-refractivity contribution < 1.29 is 4.79 Å². The van der Waals surface area contributed by atoms with E-state index in [9.17, 15) is 4.79 Å². The zero-order valence-corrected chi connectivity index (χ0v) is 15.1. The fourth-order valence-corrected chi connectivity index (χ4v) is 3.22. The van der Waals surface area contributed by atoms with Crippen LogP contribution in [0.4, 0.5) is 5.69 Å². The molecule has 3 rings (SSSR count). The quantitative estimate of drug-likeness (QED) is 0.871. The zero-order valence-electron chi connectivity index (χ0n) is 15.1. The maximum atomic E-state index is 12.3. The van der Waals surface area contributed by atoms with E-state index in [4.69, 9.17) is 0 Å². The third-order valence-corrected chi connectivity index (χ3v) is 4.62. The van der Waals surface area contributed by atoms with Gasteiger partial charge in [0.05, 0.1) is 11.8 Å². The summed E-state index contributed by atoms with van der Waals surface area (Å²) in [6.45, 7) is 9.79. The van der Waals surface area contributed by atoms with Crippen molar-refractivity contribution in [1.82, 2.24) is 20.0 Å². The molecule has 6 heteroatoms. The molecule has 2 aromatic rings. The van der Waals surface area contributed by atoms with Crippen LogP contribution in [0, 0.1) is 0 Å². The van der Waals surface area contributed by atoms with Crippen molar-refractivity contribution in [2.45, 2.75) is 26.4 Å². The highest BCUT2D eigenvalue weighted by atomic mass is 16.1. The van der Waals surface area contributed by atoms with Crippen LogP contribution in [0.25, 0.3) is 0 Å². The van der Waals surface area contributed by atoms with Crippen LogP contribution in [-0.2, 0) is 6.54 Å². The second-order valence-corrected chi connectivity index (χ2v) is 6.58. The van der Waals surface area contributed by atoms with Gasteiger partial charge >= 0.3 is 0 Å². The van der Waals surface area contributed by atoms with Gasteiger partial charge in [0, 0.05) is 57.2 Å². The summed E-state index contributed by atoms with van der Waals surface area (Å²) in [5, 5.41) is 7.23. The number of hydrogen-bond donors (Lipinski definition) is 1. The Labute approximate surface area is 149 Å². The first-order valence-corrected chi connectivity index (χ1v) is 9.01.